The predicted molar refractivity (Wildman–Crippen MR) is 78.7 cm³/mol. The maximum Gasteiger partial charge on any atom is 0.321 e. The lowest BCUT2D eigenvalue weighted by Crippen LogP contribution is -2.34. The Labute approximate surface area is 117 Å². The Bertz CT molecular complexity index is 596. The Morgan fingerprint density at radius 2 is 2.11 bits per heavy atom. The first kappa shape index (κ1) is 13.6. The molecule has 0 atom stereocenters. The molecule has 0 saturated heterocycles. The van der Waals surface area contributed by atoms with E-state index in [9.17, 15) is 4.79 Å². The smallest absolute Gasteiger partial charge is 0.321 e. The summed E-state index contributed by atoms with van der Waals surface area (Å²) >= 11 is 6.06. The molecule has 19 heavy (non-hydrogen) atoms. The average Bonchev–Trinajstić information content (AvgIpc) is 2.40. The largest absolute Gasteiger partial charge is 0.325 e. The molecule has 2 rings (SSSR count). The first-order valence-corrected chi connectivity index (χ1v) is 6.62. The molecule has 100 valence electrons. The van der Waals surface area contributed by atoms with E-state index in [1.807, 2.05) is 26.0 Å². The van der Waals surface area contributed by atoms with Gasteiger partial charge in [0.05, 0.1) is 5.69 Å². The van der Waals surface area contributed by atoms with Crippen molar-refractivity contribution in [2.24, 2.45) is 0 Å². The van der Waals surface area contributed by atoms with Crippen LogP contribution in [-0.2, 0) is 0 Å². The maximum atomic E-state index is 12.1. The molecule has 2 aromatic rings. The summed E-state index contributed by atoms with van der Waals surface area (Å²) in [5.74, 6) is 0. The molecule has 0 bridgehead atoms. The number of hydrogen-bond acceptors (Lipinski definition) is 2. The summed E-state index contributed by atoms with van der Waals surface area (Å²) < 4.78 is 0. The standard InChI is InChI=1S/C14H16ClN3O/c1-3-18(4-2)14(19)17-13-8-11(15)7-10-9-16-6-5-12(10)13/h5-9H,3-4H2,1-2H3,(H,17,19). The molecule has 5 heteroatoms. The fourth-order valence-electron chi connectivity index (χ4n) is 1.98. The number of rotatable bonds is 3. The summed E-state index contributed by atoms with van der Waals surface area (Å²) in [6, 6.07) is 5.33. The van der Waals surface area contributed by atoms with Crippen molar-refractivity contribution in [2.75, 3.05) is 18.4 Å². The van der Waals surface area contributed by atoms with Crippen LogP contribution in [0.3, 0.4) is 0 Å². The number of fused-ring (bicyclic) bond motifs is 1. The van der Waals surface area contributed by atoms with Crippen LogP contribution in [0, 0.1) is 0 Å². The quantitative estimate of drug-likeness (QED) is 0.928. The van der Waals surface area contributed by atoms with Crippen LogP contribution in [0.5, 0.6) is 0 Å². The number of urea groups is 1. The lowest BCUT2D eigenvalue weighted by atomic mass is 10.1. The van der Waals surface area contributed by atoms with Crippen LogP contribution in [0.15, 0.2) is 30.6 Å². The van der Waals surface area contributed by atoms with Crippen LogP contribution < -0.4 is 5.32 Å². The van der Waals surface area contributed by atoms with Crippen molar-refractivity contribution >= 4 is 34.1 Å². The van der Waals surface area contributed by atoms with Crippen molar-refractivity contribution in [3.8, 4) is 0 Å². The van der Waals surface area contributed by atoms with Crippen LogP contribution in [-0.4, -0.2) is 29.0 Å². The fourth-order valence-corrected chi connectivity index (χ4v) is 2.21. The average molecular weight is 278 g/mol. The highest BCUT2D eigenvalue weighted by molar-refractivity contribution is 6.32. The Kier molecular flexibility index (Phi) is 4.22. The number of aromatic nitrogens is 1. The molecule has 0 unspecified atom stereocenters. The van der Waals surface area contributed by atoms with Gasteiger partial charge in [-0.05, 0) is 32.0 Å². The van der Waals surface area contributed by atoms with Crippen LogP contribution in [0.2, 0.25) is 5.02 Å². The highest BCUT2D eigenvalue weighted by Crippen LogP contribution is 2.27. The third-order valence-corrected chi connectivity index (χ3v) is 3.23. The normalized spacial score (nSPS) is 10.5. The van der Waals surface area contributed by atoms with Crippen LogP contribution >= 0.6 is 11.6 Å². The summed E-state index contributed by atoms with van der Waals surface area (Å²) in [6.45, 7) is 5.23. The third kappa shape index (κ3) is 2.96. The summed E-state index contributed by atoms with van der Waals surface area (Å²) in [6.07, 6.45) is 3.43. The van der Waals surface area contributed by atoms with Gasteiger partial charge in [-0.3, -0.25) is 4.98 Å². The zero-order chi connectivity index (χ0) is 13.8. The fraction of sp³-hybridized carbons (Fsp3) is 0.286. The van der Waals surface area contributed by atoms with Crippen molar-refractivity contribution < 1.29 is 4.79 Å². The van der Waals surface area contributed by atoms with E-state index in [4.69, 9.17) is 11.6 Å². The van der Waals surface area contributed by atoms with Gasteiger partial charge in [0, 0.05) is 41.3 Å². The third-order valence-electron chi connectivity index (χ3n) is 3.01. The van der Waals surface area contributed by atoms with Crippen molar-refractivity contribution in [2.45, 2.75) is 13.8 Å². The molecule has 1 N–H and O–H groups in total. The van der Waals surface area contributed by atoms with Gasteiger partial charge in [-0.15, -0.1) is 0 Å². The SMILES string of the molecule is CCN(CC)C(=O)Nc1cc(Cl)cc2cnccc12. The Morgan fingerprint density at radius 1 is 1.37 bits per heavy atom. The van der Waals surface area contributed by atoms with Gasteiger partial charge in [0.25, 0.3) is 0 Å². The molecule has 1 heterocycles. The second kappa shape index (κ2) is 5.89. The lowest BCUT2D eigenvalue weighted by molar-refractivity contribution is 0.217. The molecule has 0 radical (unpaired) electrons. The second-order valence-corrected chi connectivity index (χ2v) is 4.59. The molecule has 0 fully saturated rings. The minimum absolute atomic E-state index is 0.120. The number of anilines is 1. The van der Waals surface area contributed by atoms with E-state index in [1.165, 1.54) is 0 Å². The van der Waals surface area contributed by atoms with E-state index in [0.717, 1.165) is 10.8 Å². The molecular weight excluding hydrogens is 262 g/mol. The van der Waals surface area contributed by atoms with E-state index in [1.54, 1.807) is 23.4 Å². The molecule has 2 amide bonds. The minimum Gasteiger partial charge on any atom is -0.325 e. The minimum atomic E-state index is -0.120. The van der Waals surface area contributed by atoms with Gasteiger partial charge in [-0.25, -0.2) is 4.79 Å². The van der Waals surface area contributed by atoms with Crippen molar-refractivity contribution in [3.05, 3.63) is 35.6 Å². The van der Waals surface area contributed by atoms with Gasteiger partial charge >= 0.3 is 6.03 Å². The molecule has 0 spiro atoms. The predicted octanol–water partition coefficient (Wildman–Crippen LogP) is 3.76. The number of amides is 2. The van der Waals surface area contributed by atoms with Gasteiger partial charge in [-0.1, -0.05) is 11.6 Å². The second-order valence-electron chi connectivity index (χ2n) is 4.15. The summed E-state index contributed by atoms with van der Waals surface area (Å²) in [7, 11) is 0. The lowest BCUT2D eigenvalue weighted by Gasteiger charge is -2.20. The van der Waals surface area contributed by atoms with Crippen molar-refractivity contribution in [1.29, 1.82) is 0 Å². The topological polar surface area (TPSA) is 45.2 Å². The van der Waals surface area contributed by atoms with Crippen LogP contribution in [0.1, 0.15) is 13.8 Å². The number of halogens is 1. The zero-order valence-corrected chi connectivity index (χ0v) is 11.7. The highest BCUT2D eigenvalue weighted by atomic mass is 35.5. The highest BCUT2D eigenvalue weighted by Gasteiger charge is 2.11. The molecule has 0 aliphatic rings. The summed E-state index contributed by atoms with van der Waals surface area (Å²) in [4.78, 5) is 17.9. The Morgan fingerprint density at radius 3 is 2.79 bits per heavy atom. The van der Waals surface area contributed by atoms with E-state index in [-0.39, 0.29) is 6.03 Å². The van der Waals surface area contributed by atoms with E-state index >= 15 is 0 Å². The molecular formula is C14H16ClN3O. The van der Waals surface area contributed by atoms with Gasteiger partial charge in [0.15, 0.2) is 0 Å². The van der Waals surface area contributed by atoms with Crippen LogP contribution in [0.4, 0.5) is 10.5 Å². The van der Waals surface area contributed by atoms with Gasteiger partial charge in [-0.2, -0.15) is 0 Å². The Balaban J connectivity index is 2.37. The molecule has 0 saturated carbocycles. The molecule has 0 aliphatic heterocycles. The first-order chi connectivity index (χ1) is 9.15. The molecule has 1 aromatic carbocycles. The van der Waals surface area contributed by atoms with Gasteiger partial charge in [0.1, 0.15) is 0 Å². The van der Waals surface area contributed by atoms with Crippen LogP contribution in [0.25, 0.3) is 10.8 Å². The van der Waals surface area contributed by atoms with E-state index in [2.05, 4.69) is 10.3 Å². The van der Waals surface area contributed by atoms with Crippen molar-refractivity contribution in [3.63, 3.8) is 0 Å². The number of pyridine rings is 1. The zero-order valence-electron chi connectivity index (χ0n) is 11.0. The number of benzene rings is 1. The summed E-state index contributed by atoms with van der Waals surface area (Å²) in [5.41, 5.74) is 0.710. The summed E-state index contributed by atoms with van der Waals surface area (Å²) in [5, 5.41) is 5.32. The van der Waals surface area contributed by atoms with E-state index in [0.29, 0.717) is 23.8 Å². The number of carbonyl (C=O) groups is 1. The maximum absolute atomic E-state index is 12.1. The molecule has 1 aromatic heterocycles. The number of carbonyl (C=O) groups excluding carboxylic acids is 1. The number of hydrogen-bond donors (Lipinski definition) is 1. The van der Waals surface area contributed by atoms with Crippen molar-refractivity contribution in [1.82, 2.24) is 9.88 Å². The first-order valence-electron chi connectivity index (χ1n) is 6.25. The molecule has 0 aliphatic carbocycles. The van der Waals surface area contributed by atoms with Gasteiger partial charge < -0.3 is 10.2 Å². The van der Waals surface area contributed by atoms with Gasteiger partial charge in [0.2, 0.25) is 0 Å². The van der Waals surface area contributed by atoms with E-state index < -0.39 is 0 Å². The molecule has 4 nitrogen and oxygen atoms in total. The number of nitrogens with zero attached hydrogens (tertiary/aromatic N) is 2. The number of nitrogens with one attached hydrogen (secondary N) is 1. The monoisotopic (exact) mass is 277 g/mol. The Hall–Kier alpha value is -1.81.